The number of hydrogen-bond donors (Lipinski definition) is 0. The van der Waals surface area contributed by atoms with E-state index in [9.17, 15) is 0 Å². The third-order valence-electron chi connectivity index (χ3n) is 2.56. The summed E-state index contributed by atoms with van der Waals surface area (Å²) in [7, 11) is 0. The predicted octanol–water partition coefficient (Wildman–Crippen LogP) is 3.98. The third kappa shape index (κ3) is 1.93. The van der Waals surface area contributed by atoms with Crippen LogP contribution in [0.5, 0.6) is 0 Å². The molecule has 0 spiro atoms. The molecule has 0 bridgehead atoms. The van der Waals surface area contributed by atoms with Crippen LogP contribution in [0.2, 0.25) is 0 Å². The van der Waals surface area contributed by atoms with Crippen LogP contribution in [0.25, 0.3) is 0 Å². The molecule has 1 aliphatic rings. The first-order valence-electron chi connectivity index (χ1n) is 5.23. The summed E-state index contributed by atoms with van der Waals surface area (Å²) in [6.07, 6.45) is 0. The van der Waals surface area contributed by atoms with Gasteiger partial charge in [-0.2, -0.15) is 0 Å². The Morgan fingerprint density at radius 3 is 2.69 bits per heavy atom. The monoisotopic (exact) mass is 245 g/mol. The molecule has 1 aliphatic heterocycles. The van der Waals surface area contributed by atoms with Crippen molar-refractivity contribution in [3.63, 3.8) is 0 Å². The summed E-state index contributed by atoms with van der Waals surface area (Å²) in [4.78, 5) is 5.92. The molecule has 0 N–H and O–H groups in total. The maximum atomic E-state index is 4.63. The fraction of sp³-hybridized carbons (Fsp3) is 0.154. The topological polar surface area (TPSA) is 12.4 Å². The van der Waals surface area contributed by atoms with Crippen LogP contribution in [0.15, 0.2) is 52.8 Å². The van der Waals surface area contributed by atoms with Crippen LogP contribution in [0.3, 0.4) is 0 Å². The molecule has 16 heavy (non-hydrogen) atoms. The van der Waals surface area contributed by atoms with Gasteiger partial charge in [-0.05, 0) is 17.0 Å². The van der Waals surface area contributed by atoms with Crippen LogP contribution in [-0.4, -0.2) is 11.6 Å². The van der Waals surface area contributed by atoms with Crippen molar-refractivity contribution >= 4 is 28.1 Å². The lowest BCUT2D eigenvalue weighted by Crippen LogP contribution is -1.93. The Morgan fingerprint density at radius 2 is 1.94 bits per heavy atom. The van der Waals surface area contributed by atoms with Crippen molar-refractivity contribution in [2.45, 2.75) is 5.25 Å². The second-order valence-corrected chi connectivity index (χ2v) is 5.78. The van der Waals surface area contributed by atoms with E-state index < -0.39 is 0 Å². The highest BCUT2D eigenvalue weighted by Gasteiger charge is 2.22. The Labute approximate surface area is 103 Å². The van der Waals surface area contributed by atoms with Crippen molar-refractivity contribution in [1.29, 1.82) is 0 Å². The number of aliphatic imine (C=N–C) groups is 1. The Balaban J connectivity index is 1.78. The molecular formula is C13H11NS2. The van der Waals surface area contributed by atoms with Crippen molar-refractivity contribution in [3.05, 3.63) is 58.3 Å². The van der Waals surface area contributed by atoms with E-state index in [4.69, 9.17) is 0 Å². The number of thiophene rings is 1. The van der Waals surface area contributed by atoms with E-state index in [1.54, 1.807) is 11.3 Å². The van der Waals surface area contributed by atoms with Crippen LogP contribution in [0.1, 0.15) is 15.7 Å². The number of thioether (sulfide) groups is 1. The van der Waals surface area contributed by atoms with Crippen LogP contribution in [0.4, 0.5) is 0 Å². The zero-order valence-electron chi connectivity index (χ0n) is 8.67. The van der Waals surface area contributed by atoms with Crippen LogP contribution < -0.4 is 0 Å². The molecule has 1 aromatic heterocycles. The molecule has 80 valence electrons. The van der Waals surface area contributed by atoms with Gasteiger partial charge in [0.25, 0.3) is 0 Å². The molecule has 0 saturated carbocycles. The standard InChI is InChI=1S/C13H11NS2/c1-2-5-10(6-3-1)12-9-14-13(16-12)11-7-4-8-15-11/h1-8,12H,9H2. The van der Waals surface area contributed by atoms with Crippen molar-refractivity contribution in [2.75, 3.05) is 6.54 Å². The number of hydrogen-bond acceptors (Lipinski definition) is 3. The van der Waals surface area contributed by atoms with Crippen LogP contribution in [-0.2, 0) is 0 Å². The van der Waals surface area contributed by atoms with E-state index in [1.807, 2.05) is 11.8 Å². The summed E-state index contributed by atoms with van der Waals surface area (Å²) in [6.45, 7) is 0.905. The van der Waals surface area contributed by atoms with Gasteiger partial charge in [0.15, 0.2) is 0 Å². The summed E-state index contributed by atoms with van der Waals surface area (Å²) in [5, 5.41) is 3.80. The van der Waals surface area contributed by atoms with Crippen molar-refractivity contribution in [2.24, 2.45) is 4.99 Å². The molecule has 1 nitrogen and oxygen atoms in total. The van der Waals surface area contributed by atoms with Crippen molar-refractivity contribution < 1.29 is 0 Å². The molecule has 1 unspecified atom stereocenters. The average molecular weight is 245 g/mol. The van der Waals surface area contributed by atoms with E-state index in [1.165, 1.54) is 15.5 Å². The van der Waals surface area contributed by atoms with Gasteiger partial charge in [0.2, 0.25) is 0 Å². The van der Waals surface area contributed by atoms with Gasteiger partial charge >= 0.3 is 0 Å². The predicted molar refractivity (Wildman–Crippen MR) is 72.5 cm³/mol. The van der Waals surface area contributed by atoms with Crippen molar-refractivity contribution in [3.8, 4) is 0 Å². The second kappa shape index (κ2) is 4.44. The van der Waals surface area contributed by atoms with Gasteiger partial charge in [0.1, 0.15) is 5.04 Å². The average Bonchev–Trinajstić information content (AvgIpc) is 3.01. The van der Waals surface area contributed by atoms with Gasteiger partial charge in [0, 0.05) is 0 Å². The maximum Gasteiger partial charge on any atom is 0.108 e. The maximum absolute atomic E-state index is 4.63. The highest BCUT2D eigenvalue weighted by molar-refractivity contribution is 8.15. The summed E-state index contributed by atoms with van der Waals surface area (Å²) in [5.41, 5.74) is 1.38. The van der Waals surface area contributed by atoms with E-state index in [0.717, 1.165) is 6.54 Å². The molecule has 2 aromatic rings. The zero-order valence-corrected chi connectivity index (χ0v) is 10.3. The lowest BCUT2D eigenvalue weighted by atomic mass is 10.1. The van der Waals surface area contributed by atoms with E-state index >= 15 is 0 Å². The normalized spacial score (nSPS) is 19.8. The quantitative estimate of drug-likeness (QED) is 0.779. The third-order valence-corrected chi connectivity index (χ3v) is 4.84. The minimum atomic E-state index is 0.498. The van der Waals surface area contributed by atoms with Gasteiger partial charge < -0.3 is 0 Å². The largest absolute Gasteiger partial charge is 0.275 e. The zero-order chi connectivity index (χ0) is 10.8. The summed E-state index contributed by atoms with van der Waals surface area (Å²) < 4.78 is 0. The van der Waals surface area contributed by atoms with Gasteiger partial charge in [-0.25, -0.2) is 0 Å². The summed E-state index contributed by atoms with van der Waals surface area (Å²) in [6, 6.07) is 14.8. The molecule has 0 radical (unpaired) electrons. The fourth-order valence-corrected chi connectivity index (χ4v) is 3.71. The molecular weight excluding hydrogens is 234 g/mol. The second-order valence-electron chi connectivity index (χ2n) is 3.64. The SMILES string of the molecule is c1ccc(C2CN=C(c3cccs3)S2)cc1. The Hall–Kier alpha value is -1.06. The first kappa shape index (κ1) is 10.1. The molecule has 3 heteroatoms. The van der Waals surface area contributed by atoms with E-state index in [0.29, 0.717) is 5.25 Å². The first-order chi connectivity index (χ1) is 7.93. The highest BCUT2D eigenvalue weighted by atomic mass is 32.2. The fourth-order valence-electron chi connectivity index (χ4n) is 1.75. The number of rotatable bonds is 2. The van der Waals surface area contributed by atoms with Gasteiger partial charge in [-0.3, -0.25) is 4.99 Å². The van der Waals surface area contributed by atoms with Gasteiger partial charge in [-0.15, -0.1) is 11.3 Å². The molecule has 1 aromatic carbocycles. The number of benzene rings is 1. The first-order valence-corrected chi connectivity index (χ1v) is 6.99. The minimum Gasteiger partial charge on any atom is -0.275 e. The lowest BCUT2D eigenvalue weighted by Gasteiger charge is -2.07. The molecule has 0 saturated heterocycles. The Kier molecular flexibility index (Phi) is 2.80. The molecule has 0 fully saturated rings. The van der Waals surface area contributed by atoms with Crippen LogP contribution in [0, 0.1) is 0 Å². The van der Waals surface area contributed by atoms with E-state index in [2.05, 4.69) is 52.8 Å². The van der Waals surface area contributed by atoms with Crippen LogP contribution >= 0.6 is 23.1 Å². The number of nitrogens with zero attached hydrogens (tertiary/aromatic N) is 1. The highest BCUT2D eigenvalue weighted by Crippen LogP contribution is 2.38. The molecule has 2 heterocycles. The smallest absolute Gasteiger partial charge is 0.108 e. The van der Waals surface area contributed by atoms with Gasteiger partial charge in [-0.1, -0.05) is 48.2 Å². The Morgan fingerprint density at radius 1 is 1.06 bits per heavy atom. The summed E-state index contributed by atoms with van der Waals surface area (Å²) in [5.74, 6) is 0. The Bertz CT molecular complexity index is 488. The lowest BCUT2D eigenvalue weighted by molar-refractivity contribution is 0.966. The molecule has 0 aliphatic carbocycles. The summed E-state index contributed by atoms with van der Waals surface area (Å²) >= 11 is 3.65. The molecule has 0 amide bonds. The van der Waals surface area contributed by atoms with Crippen molar-refractivity contribution in [1.82, 2.24) is 0 Å². The van der Waals surface area contributed by atoms with E-state index in [-0.39, 0.29) is 0 Å². The minimum absolute atomic E-state index is 0.498. The molecule has 1 atom stereocenters. The van der Waals surface area contributed by atoms with Gasteiger partial charge in [0.05, 0.1) is 16.7 Å². The molecule has 3 rings (SSSR count).